The van der Waals surface area contributed by atoms with Crippen LogP contribution in [-0.4, -0.2) is 57.1 Å². The normalized spacial score (nSPS) is 19.9. The molecule has 2 N–H and O–H groups in total. The number of aromatic amines is 1. The molecule has 2 fully saturated rings. The molecule has 4 heterocycles. The van der Waals surface area contributed by atoms with Crippen molar-refractivity contribution in [3.05, 3.63) is 53.7 Å². The Morgan fingerprint density at radius 3 is 2.70 bits per heavy atom. The lowest BCUT2D eigenvalue weighted by molar-refractivity contribution is -0.133. The lowest BCUT2D eigenvalue weighted by Gasteiger charge is -2.32. The number of fused-ring (bicyclic) bond motifs is 1. The first-order chi connectivity index (χ1) is 16.2. The SMILES string of the molecule is CCN1CCC(CC(=O)N2CCCC2c2ccc3c(NCc4ccccc4)n[nH]c3n2)CC1. The number of nitrogens with one attached hydrogen (secondary N) is 2. The van der Waals surface area contributed by atoms with Crippen molar-refractivity contribution >= 4 is 22.8 Å². The highest BCUT2D eigenvalue weighted by molar-refractivity contribution is 5.87. The van der Waals surface area contributed by atoms with Gasteiger partial charge in [0.05, 0.1) is 17.1 Å². The van der Waals surface area contributed by atoms with E-state index in [1.807, 2.05) is 18.2 Å². The molecule has 0 radical (unpaired) electrons. The minimum atomic E-state index is 0.0710. The number of H-pyrrole nitrogens is 1. The van der Waals surface area contributed by atoms with Crippen LogP contribution in [0.4, 0.5) is 5.82 Å². The van der Waals surface area contributed by atoms with Crippen molar-refractivity contribution in [3.8, 4) is 0 Å². The summed E-state index contributed by atoms with van der Waals surface area (Å²) in [6.45, 7) is 7.12. The van der Waals surface area contributed by atoms with Gasteiger partial charge in [-0.25, -0.2) is 4.98 Å². The van der Waals surface area contributed by atoms with Crippen molar-refractivity contribution < 1.29 is 4.79 Å². The molecule has 174 valence electrons. The van der Waals surface area contributed by atoms with Crippen LogP contribution in [0.3, 0.4) is 0 Å². The molecule has 2 aromatic heterocycles. The first-order valence-corrected chi connectivity index (χ1v) is 12.4. The molecule has 1 atom stereocenters. The van der Waals surface area contributed by atoms with E-state index in [-0.39, 0.29) is 6.04 Å². The van der Waals surface area contributed by atoms with Crippen molar-refractivity contribution in [2.45, 2.75) is 51.6 Å². The average Bonchev–Trinajstić information content (AvgIpc) is 3.51. The van der Waals surface area contributed by atoms with Crippen molar-refractivity contribution in [2.24, 2.45) is 5.92 Å². The number of anilines is 1. The highest BCUT2D eigenvalue weighted by Crippen LogP contribution is 2.34. The molecular weight excluding hydrogens is 412 g/mol. The molecule has 1 amide bonds. The molecule has 0 aliphatic carbocycles. The number of likely N-dealkylation sites (tertiary alicyclic amines) is 2. The second kappa shape index (κ2) is 9.91. The number of hydrogen-bond acceptors (Lipinski definition) is 5. The van der Waals surface area contributed by atoms with Crippen LogP contribution in [0.1, 0.15) is 56.3 Å². The molecule has 2 aliphatic rings. The van der Waals surface area contributed by atoms with Gasteiger partial charge in [-0.3, -0.25) is 9.89 Å². The van der Waals surface area contributed by atoms with Gasteiger partial charge in [0, 0.05) is 19.5 Å². The fourth-order valence-electron chi connectivity index (χ4n) is 5.27. The van der Waals surface area contributed by atoms with Gasteiger partial charge in [0.2, 0.25) is 5.91 Å². The number of piperidine rings is 1. The van der Waals surface area contributed by atoms with Crippen LogP contribution in [0.15, 0.2) is 42.5 Å². The summed E-state index contributed by atoms with van der Waals surface area (Å²) < 4.78 is 0. The Balaban J connectivity index is 1.24. The highest BCUT2D eigenvalue weighted by atomic mass is 16.2. The number of carbonyl (C=O) groups excluding carboxylic acids is 1. The maximum atomic E-state index is 13.2. The zero-order valence-electron chi connectivity index (χ0n) is 19.5. The van der Waals surface area contributed by atoms with Crippen LogP contribution >= 0.6 is 0 Å². The van der Waals surface area contributed by atoms with E-state index in [9.17, 15) is 4.79 Å². The molecule has 33 heavy (non-hydrogen) atoms. The zero-order chi connectivity index (χ0) is 22.6. The Hall–Kier alpha value is -2.93. The first kappa shape index (κ1) is 21.9. The van der Waals surface area contributed by atoms with E-state index in [2.05, 4.69) is 56.5 Å². The largest absolute Gasteiger partial charge is 0.364 e. The Bertz CT molecular complexity index is 1070. The number of carbonyl (C=O) groups is 1. The number of amides is 1. The standard InChI is InChI=1S/C26H34N6O/c1-2-31-15-12-19(13-16-31)17-24(33)32-14-6-9-23(32)22-11-10-21-25(29-30-26(21)28-22)27-18-20-7-4-3-5-8-20/h3-5,7-8,10-11,19,23H,2,6,9,12-18H2,1H3,(H2,27,28,29,30). The fraction of sp³-hybridized carbons (Fsp3) is 0.500. The molecule has 7 nitrogen and oxygen atoms in total. The molecule has 7 heteroatoms. The molecule has 1 aromatic carbocycles. The third-order valence-corrected chi connectivity index (χ3v) is 7.28. The maximum Gasteiger partial charge on any atom is 0.223 e. The van der Waals surface area contributed by atoms with Gasteiger partial charge in [0.1, 0.15) is 0 Å². The Labute approximate surface area is 195 Å². The van der Waals surface area contributed by atoms with E-state index in [0.717, 1.165) is 74.4 Å². The zero-order valence-corrected chi connectivity index (χ0v) is 19.5. The number of nitrogens with zero attached hydrogens (tertiary/aromatic N) is 4. The summed E-state index contributed by atoms with van der Waals surface area (Å²) in [5.41, 5.74) is 2.94. The molecule has 0 saturated carbocycles. The molecule has 0 bridgehead atoms. The average molecular weight is 447 g/mol. The number of rotatable bonds is 7. The molecule has 2 aliphatic heterocycles. The van der Waals surface area contributed by atoms with Crippen LogP contribution in [0.25, 0.3) is 11.0 Å². The van der Waals surface area contributed by atoms with Crippen LogP contribution in [0.2, 0.25) is 0 Å². The van der Waals surface area contributed by atoms with Gasteiger partial charge < -0.3 is 15.1 Å². The predicted molar refractivity (Wildman–Crippen MR) is 131 cm³/mol. The summed E-state index contributed by atoms with van der Waals surface area (Å²) in [5.74, 6) is 1.62. The molecule has 3 aromatic rings. The van der Waals surface area contributed by atoms with E-state index < -0.39 is 0 Å². The monoisotopic (exact) mass is 446 g/mol. The van der Waals surface area contributed by atoms with Gasteiger partial charge in [-0.1, -0.05) is 37.3 Å². The minimum Gasteiger partial charge on any atom is -0.364 e. The van der Waals surface area contributed by atoms with Gasteiger partial charge in [-0.05, 0) is 68.9 Å². The van der Waals surface area contributed by atoms with Crippen molar-refractivity contribution in [1.82, 2.24) is 25.0 Å². The molecular formula is C26H34N6O. The van der Waals surface area contributed by atoms with Crippen LogP contribution in [0.5, 0.6) is 0 Å². The van der Waals surface area contributed by atoms with Gasteiger partial charge in [-0.2, -0.15) is 5.10 Å². The Kier molecular flexibility index (Phi) is 6.58. The summed E-state index contributed by atoms with van der Waals surface area (Å²) in [6.07, 6.45) is 4.96. The van der Waals surface area contributed by atoms with Gasteiger partial charge >= 0.3 is 0 Å². The minimum absolute atomic E-state index is 0.0710. The second-order valence-electron chi connectivity index (χ2n) is 9.37. The molecule has 0 spiro atoms. The van der Waals surface area contributed by atoms with E-state index >= 15 is 0 Å². The predicted octanol–water partition coefficient (Wildman–Crippen LogP) is 4.36. The smallest absolute Gasteiger partial charge is 0.223 e. The third-order valence-electron chi connectivity index (χ3n) is 7.28. The van der Waals surface area contributed by atoms with Crippen molar-refractivity contribution in [3.63, 3.8) is 0 Å². The van der Waals surface area contributed by atoms with E-state index in [0.29, 0.717) is 24.8 Å². The van der Waals surface area contributed by atoms with Crippen LogP contribution < -0.4 is 5.32 Å². The fourth-order valence-corrected chi connectivity index (χ4v) is 5.27. The first-order valence-electron chi connectivity index (χ1n) is 12.4. The van der Waals surface area contributed by atoms with Crippen LogP contribution in [0, 0.1) is 5.92 Å². The quantitative estimate of drug-likeness (QED) is 0.564. The van der Waals surface area contributed by atoms with Crippen molar-refractivity contribution in [1.29, 1.82) is 0 Å². The maximum absolute atomic E-state index is 13.2. The summed E-state index contributed by atoms with van der Waals surface area (Å²) in [5, 5.41) is 11.9. The summed E-state index contributed by atoms with van der Waals surface area (Å²) in [4.78, 5) is 22.6. The van der Waals surface area contributed by atoms with E-state index in [1.165, 1.54) is 5.56 Å². The number of aromatic nitrogens is 3. The van der Waals surface area contributed by atoms with Gasteiger partial charge in [0.15, 0.2) is 11.5 Å². The van der Waals surface area contributed by atoms with E-state index in [4.69, 9.17) is 4.98 Å². The van der Waals surface area contributed by atoms with E-state index in [1.54, 1.807) is 0 Å². The third kappa shape index (κ3) is 4.88. The summed E-state index contributed by atoms with van der Waals surface area (Å²) in [6, 6.07) is 14.5. The Morgan fingerprint density at radius 2 is 1.91 bits per heavy atom. The highest BCUT2D eigenvalue weighted by Gasteiger charge is 2.33. The number of pyridine rings is 1. The molecule has 5 rings (SSSR count). The lowest BCUT2D eigenvalue weighted by atomic mass is 9.93. The summed E-state index contributed by atoms with van der Waals surface area (Å²) >= 11 is 0. The van der Waals surface area contributed by atoms with Gasteiger partial charge in [-0.15, -0.1) is 0 Å². The second-order valence-corrected chi connectivity index (χ2v) is 9.37. The Morgan fingerprint density at radius 1 is 1.09 bits per heavy atom. The summed E-state index contributed by atoms with van der Waals surface area (Å²) in [7, 11) is 0. The number of benzene rings is 1. The number of hydrogen-bond donors (Lipinski definition) is 2. The topological polar surface area (TPSA) is 77.2 Å². The van der Waals surface area contributed by atoms with Crippen molar-refractivity contribution in [2.75, 3.05) is 31.5 Å². The molecule has 1 unspecified atom stereocenters. The van der Waals surface area contributed by atoms with Gasteiger partial charge in [0.25, 0.3) is 0 Å². The van der Waals surface area contributed by atoms with Crippen LogP contribution in [-0.2, 0) is 11.3 Å². The lowest BCUT2D eigenvalue weighted by Crippen LogP contribution is -2.37. The molecule has 2 saturated heterocycles.